The number of amides is 1. The van der Waals surface area contributed by atoms with E-state index in [1.807, 2.05) is 50.4 Å². The minimum atomic E-state index is -3.59. The smallest absolute Gasteiger partial charge is 0.245 e. The summed E-state index contributed by atoms with van der Waals surface area (Å²) >= 11 is 1.52. The number of thioether (sulfide) groups is 1. The molecule has 0 saturated heterocycles. The summed E-state index contributed by atoms with van der Waals surface area (Å²) in [5.74, 6) is -0.131. The van der Waals surface area contributed by atoms with Crippen molar-refractivity contribution in [2.45, 2.75) is 24.7 Å². The molecule has 0 unspecified atom stereocenters. The number of carbonyl (C=O) groups is 1. The van der Waals surface area contributed by atoms with Crippen LogP contribution in [-0.2, 0) is 14.8 Å². The summed E-state index contributed by atoms with van der Waals surface area (Å²) < 4.78 is 25.6. The summed E-state index contributed by atoms with van der Waals surface area (Å²) in [5, 5.41) is 2.84. The second-order valence-corrected chi connectivity index (χ2v) is 9.05. The average molecular weight is 393 g/mol. The number of nitrogens with one attached hydrogen (secondary N) is 1. The Bertz CT molecular complexity index is 880. The molecule has 0 atom stereocenters. The molecule has 2 aromatic carbocycles. The van der Waals surface area contributed by atoms with Crippen molar-refractivity contribution >= 4 is 39.1 Å². The second kappa shape index (κ2) is 8.60. The molecule has 5 nitrogen and oxygen atoms in total. The number of sulfonamides is 1. The van der Waals surface area contributed by atoms with Crippen LogP contribution in [0, 0.1) is 0 Å². The average Bonchev–Trinajstić information content (AvgIpc) is 2.59. The SMILES string of the molecule is CSc1cccc(N(CC(=O)Nc2ccccc2C(C)C)S(C)(=O)=O)c1. The van der Waals surface area contributed by atoms with E-state index in [0.29, 0.717) is 11.4 Å². The largest absolute Gasteiger partial charge is 0.324 e. The van der Waals surface area contributed by atoms with Crippen molar-refractivity contribution in [2.24, 2.45) is 0 Å². The molecule has 0 aliphatic carbocycles. The Morgan fingerprint density at radius 1 is 1.15 bits per heavy atom. The van der Waals surface area contributed by atoms with Gasteiger partial charge < -0.3 is 5.32 Å². The molecule has 1 amide bonds. The van der Waals surface area contributed by atoms with Crippen LogP contribution < -0.4 is 9.62 Å². The van der Waals surface area contributed by atoms with Crippen LogP contribution >= 0.6 is 11.8 Å². The fourth-order valence-corrected chi connectivity index (χ4v) is 3.90. The van der Waals surface area contributed by atoms with E-state index in [9.17, 15) is 13.2 Å². The first kappa shape index (κ1) is 20.3. The predicted octanol–water partition coefficient (Wildman–Crippen LogP) is 3.94. The van der Waals surface area contributed by atoms with Gasteiger partial charge in [-0.05, 0) is 42.0 Å². The molecule has 0 aromatic heterocycles. The Morgan fingerprint density at radius 3 is 2.46 bits per heavy atom. The molecule has 0 aliphatic heterocycles. The first-order chi connectivity index (χ1) is 12.2. The summed E-state index contributed by atoms with van der Waals surface area (Å²) in [5.41, 5.74) is 2.20. The van der Waals surface area contributed by atoms with Gasteiger partial charge in [-0.15, -0.1) is 11.8 Å². The summed E-state index contributed by atoms with van der Waals surface area (Å²) in [4.78, 5) is 13.5. The van der Waals surface area contributed by atoms with Crippen LogP contribution in [0.3, 0.4) is 0 Å². The van der Waals surface area contributed by atoms with E-state index in [1.54, 1.807) is 18.2 Å². The molecule has 0 bridgehead atoms. The molecule has 0 spiro atoms. The van der Waals surface area contributed by atoms with E-state index < -0.39 is 10.0 Å². The van der Waals surface area contributed by atoms with Gasteiger partial charge in [0.05, 0.1) is 11.9 Å². The maximum absolute atomic E-state index is 12.5. The number of hydrogen-bond acceptors (Lipinski definition) is 4. The van der Waals surface area contributed by atoms with Gasteiger partial charge in [-0.25, -0.2) is 8.42 Å². The van der Waals surface area contributed by atoms with Crippen molar-refractivity contribution < 1.29 is 13.2 Å². The molecular weight excluding hydrogens is 368 g/mol. The quantitative estimate of drug-likeness (QED) is 0.725. The van der Waals surface area contributed by atoms with Gasteiger partial charge in [0.15, 0.2) is 0 Å². The lowest BCUT2D eigenvalue weighted by Crippen LogP contribution is -2.37. The molecule has 0 fully saturated rings. The fourth-order valence-electron chi connectivity index (χ4n) is 2.60. The van der Waals surface area contributed by atoms with Gasteiger partial charge in [-0.1, -0.05) is 38.1 Å². The van der Waals surface area contributed by atoms with Crippen LogP contribution in [0.1, 0.15) is 25.3 Å². The van der Waals surface area contributed by atoms with Gasteiger partial charge in [-0.2, -0.15) is 0 Å². The Morgan fingerprint density at radius 2 is 1.85 bits per heavy atom. The van der Waals surface area contributed by atoms with E-state index >= 15 is 0 Å². The molecule has 140 valence electrons. The van der Waals surface area contributed by atoms with Gasteiger partial charge in [0.1, 0.15) is 6.54 Å². The van der Waals surface area contributed by atoms with E-state index in [0.717, 1.165) is 21.0 Å². The highest BCUT2D eigenvalue weighted by atomic mass is 32.2. The number of hydrogen-bond donors (Lipinski definition) is 1. The Labute approximate surface area is 159 Å². The molecule has 1 N–H and O–H groups in total. The van der Waals surface area contributed by atoms with Crippen molar-refractivity contribution in [2.75, 3.05) is 28.7 Å². The zero-order chi connectivity index (χ0) is 19.3. The lowest BCUT2D eigenvalue weighted by Gasteiger charge is -2.23. The third-order valence-corrected chi connectivity index (χ3v) is 5.75. The fraction of sp³-hybridized carbons (Fsp3) is 0.316. The normalized spacial score (nSPS) is 11.4. The van der Waals surface area contributed by atoms with Gasteiger partial charge in [0.2, 0.25) is 15.9 Å². The summed E-state index contributed by atoms with van der Waals surface area (Å²) in [7, 11) is -3.59. The van der Waals surface area contributed by atoms with Gasteiger partial charge in [-0.3, -0.25) is 9.10 Å². The maximum atomic E-state index is 12.5. The second-order valence-electron chi connectivity index (χ2n) is 6.26. The van der Waals surface area contributed by atoms with Crippen LogP contribution in [0.5, 0.6) is 0 Å². The van der Waals surface area contributed by atoms with Crippen LogP contribution in [-0.4, -0.2) is 33.4 Å². The number of rotatable bonds is 7. The number of anilines is 2. The first-order valence-electron chi connectivity index (χ1n) is 8.23. The number of nitrogens with zero attached hydrogens (tertiary/aromatic N) is 1. The van der Waals surface area contributed by atoms with Crippen LogP contribution in [0.15, 0.2) is 53.4 Å². The molecule has 0 heterocycles. The minimum Gasteiger partial charge on any atom is -0.324 e. The standard InChI is InChI=1S/C19H24N2O3S2/c1-14(2)17-10-5-6-11-18(17)20-19(22)13-21(26(4,23)24)15-8-7-9-16(12-15)25-3/h5-12,14H,13H2,1-4H3,(H,20,22). The third-order valence-electron chi connectivity index (χ3n) is 3.89. The van der Waals surface area contributed by atoms with Crippen molar-refractivity contribution in [3.63, 3.8) is 0 Å². The van der Waals surface area contributed by atoms with E-state index in [4.69, 9.17) is 0 Å². The molecule has 26 heavy (non-hydrogen) atoms. The zero-order valence-corrected chi connectivity index (χ0v) is 17.0. The van der Waals surface area contributed by atoms with Gasteiger partial charge in [0.25, 0.3) is 0 Å². The van der Waals surface area contributed by atoms with E-state index in [1.165, 1.54) is 11.8 Å². The lowest BCUT2D eigenvalue weighted by molar-refractivity contribution is -0.114. The third kappa shape index (κ3) is 5.25. The van der Waals surface area contributed by atoms with Crippen LogP contribution in [0.4, 0.5) is 11.4 Å². The summed E-state index contributed by atoms with van der Waals surface area (Å²) in [6, 6.07) is 14.7. The number of carbonyl (C=O) groups excluding carboxylic acids is 1. The summed E-state index contributed by atoms with van der Waals surface area (Å²) in [6.45, 7) is 3.81. The molecule has 2 aromatic rings. The minimum absolute atomic E-state index is 0.246. The van der Waals surface area contributed by atoms with E-state index in [2.05, 4.69) is 5.32 Å². The van der Waals surface area contributed by atoms with Gasteiger partial charge in [0, 0.05) is 10.6 Å². The monoisotopic (exact) mass is 392 g/mol. The molecule has 7 heteroatoms. The highest BCUT2D eigenvalue weighted by molar-refractivity contribution is 7.98. The molecule has 0 radical (unpaired) electrons. The highest BCUT2D eigenvalue weighted by Gasteiger charge is 2.21. The van der Waals surface area contributed by atoms with Crippen molar-refractivity contribution in [1.29, 1.82) is 0 Å². The van der Waals surface area contributed by atoms with Crippen LogP contribution in [0.2, 0.25) is 0 Å². The van der Waals surface area contributed by atoms with Crippen molar-refractivity contribution in [3.05, 3.63) is 54.1 Å². The van der Waals surface area contributed by atoms with Gasteiger partial charge >= 0.3 is 0 Å². The Kier molecular flexibility index (Phi) is 6.72. The topological polar surface area (TPSA) is 66.5 Å². The Balaban J connectivity index is 2.25. The van der Waals surface area contributed by atoms with E-state index in [-0.39, 0.29) is 18.4 Å². The maximum Gasteiger partial charge on any atom is 0.245 e. The molecular formula is C19H24N2O3S2. The first-order valence-corrected chi connectivity index (χ1v) is 11.3. The number of benzene rings is 2. The molecule has 2 rings (SSSR count). The summed E-state index contributed by atoms with van der Waals surface area (Å²) in [6.07, 6.45) is 3.02. The van der Waals surface area contributed by atoms with Crippen LogP contribution in [0.25, 0.3) is 0 Å². The Hall–Kier alpha value is -1.99. The molecule has 0 aliphatic rings. The number of para-hydroxylation sites is 1. The predicted molar refractivity (Wildman–Crippen MR) is 110 cm³/mol. The molecule has 0 saturated carbocycles. The van der Waals surface area contributed by atoms with Crippen molar-refractivity contribution in [1.82, 2.24) is 0 Å². The lowest BCUT2D eigenvalue weighted by atomic mass is 10.0. The van der Waals surface area contributed by atoms with Crippen molar-refractivity contribution in [3.8, 4) is 0 Å². The zero-order valence-electron chi connectivity index (χ0n) is 15.4. The highest BCUT2D eigenvalue weighted by Crippen LogP contribution is 2.25.